The minimum absolute atomic E-state index is 0. The maximum atomic E-state index is 10.5. The van der Waals surface area contributed by atoms with E-state index in [0.717, 1.165) is 6.42 Å². The predicted octanol–water partition coefficient (Wildman–Crippen LogP) is -1.45. The Balaban J connectivity index is 0. The van der Waals surface area contributed by atoms with Gasteiger partial charge in [-0.3, -0.25) is 0 Å². The van der Waals surface area contributed by atoms with Crippen LogP contribution in [0.5, 0.6) is 0 Å². The van der Waals surface area contributed by atoms with Crippen LogP contribution in [0.3, 0.4) is 0 Å². The summed E-state index contributed by atoms with van der Waals surface area (Å²) in [6.45, 7) is 5.04. The molecule has 0 saturated carbocycles. The first-order chi connectivity index (χ1) is 5.83. The maximum Gasteiger partial charge on any atom is 2.00 e. The topological polar surface area (TPSA) is 80.3 Å². The molecular formula is C9H14BaO4. The van der Waals surface area contributed by atoms with Gasteiger partial charge in [0.05, 0.1) is 11.9 Å². The van der Waals surface area contributed by atoms with Crippen molar-refractivity contribution in [2.75, 3.05) is 0 Å². The van der Waals surface area contributed by atoms with Gasteiger partial charge in [0.15, 0.2) is 0 Å². The number of hydrogen-bond donors (Lipinski definition) is 0. The first-order valence-electron chi connectivity index (χ1n) is 4.24. The second-order valence-electron chi connectivity index (χ2n) is 3.81. The first kappa shape index (κ1) is 16.9. The van der Waals surface area contributed by atoms with Crippen molar-refractivity contribution in [3.8, 4) is 0 Å². The molecule has 0 spiro atoms. The van der Waals surface area contributed by atoms with Gasteiger partial charge in [0.25, 0.3) is 0 Å². The summed E-state index contributed by atoms with van der Waals surface area (Å²) < 4.78 is 0. The average molecular weight is 324 g/mol. The van der Waals surface area contributed by atoms with E-state index in [2.05, 4.69) is 0 Å². The van der Waals surface area contributed by atoms with E-state index in [1.165, 1.54) is 0 Å². The number of carbonyl (C=O) groups excluding carboxylic acids is 2. The van der Waals surface area contributed by atoms with E-state index in [9.17, 15) is 19.8 Å². The Hall–Kier alpha value is 0.511. The summed E-state index contributed by atoms with van der Waals surface area (Å²) in [5.74, 6) is -4.68. The molecular weight excluding hydrogens is 309 g/mol. The third kappa shape index (κ3) is 4.84. The third-order valence-corrected chi connectivity index (χ3v) is 2.15. The zero-order valence-electron chi connectivity index (χ0n) is 8.83. The van der Waals surface area contributed by atoms with Crippen LogP contribution >= 0.6 is 0 Å². The molecule has 0 heterocycles. The molecule has 0 aliphatic heterocycles. The van der Waals surface area contributed by atoms with E-state index in [1.807, 2.05) is 6.92 Å². The summed E-state index contributed by atoms with van der Waals surface area (Å²) in [6.07, 6.45) is 1.24. The van der Waals surface area contributed by atoms with E-state index in [0.29, 0.717) is 6.42 Å². The minimum Gasteiger partial charge on any atom is -0.549 e. The fourth-order valence-corrected chi connectivity index (χ4v) is 1.52. The number of aliphatic carboxylic acids is 2. The van der Waals surface area contributed by atoms with Crippen molar-refractivity contribution in [2.45, 2.75) is 33.6 Å². The predicted molar refractivity (Wildman–Crippen MR) is 47.9 cm³/mol. The quantitative estimate of drug-likeness (QED) is 0.458. The largest absolute Gasteiger partial charge is 2.00 e. The van der Waals surface area contributed by atoms with Crippen LogP contribution in [0, 0.1) is 11.3 Å². The Morgan fingerprint density at radius 1 is 1.21 bits per heavy atom. The summed E-state index contributed by atoms with van der Waals surface area (Å²) in [5.41, 5.74) is -0.813. The summed E-state index contributed by atoms with van der Waals surface area (Å²) in [6, 6.07) is 0. The number of hydrogen-bond acceptors (Lipinski definition) is 4. The zero-order chi connectivity index (χ0) is 10.6. The molecule has 14 heavy (non-hydrogen) atoms. The van der Waals surface area contributed by atoms with Gasteiger partial charge in [-0.2, -0.15) is 0 Å². The molecule has 0 aromatic heterocycles. The molecule has 0 aromatic rings. The van der Waals surface area contributed by atoms with Gasteiger partial charge in [-0.05, 0) is 11.8 Å². The molecule has 0 unspecified atom stereocenters. The van der Waals surface area contributed by atoms with Gasteiger partial charge < -0.3 is 19.8 Å². The summed E-state index contributed by atoms with van der Waals surface area (Å²) in [7, 11) is 0. The van der Waals surface area contributed by atoms with E-state index in [-0.39, 0.29) is 48.9 Å². The minimum atomic E-state index is -1.57. The summed E-state index contributed by atoms with van der Waals surface area (Å²) in [5, 5.41) is 21.1. The molecule has 0 amide bonds. The van der Waals surface area contributed by atoms with E-state index >= 15 is 0 Å². The van der Waals surface area contributed by atoms with Gasteiger partial charge in [0, 0.05) is 5.92 Å². The molecule has 0 radical (unpaired) electrons. The van der Waals surface area contributed by atoms with Gasteiger partial charge in [-0.1, -0.05) is 27.2 Å². The van der Waals surface area contributed by atoms with Crippen LogP contribution in [0.4, 0.5) is 0 Å². The van der Waals surface area contributed by atoms with Crippen molar-refractivity contribution < 1.29 is 19.8 Å². The third-order valence-electron chi connectivity index (χ3n) is 2.15. The molecule has 0 bridgehead atoms. The van der Waals surface area contributed by atoms with Crippen molar-refractivity contribution in [3.05, 3.63) is 0 Å². The second kappa shape index (κ2) is 6.90. The molecule has 0 aliphatic rings. The Morgan fingerprint density at radius 3 is 1.79 bits per heavy atom. The summed E-state index contributed by atoms with van der Waals surface area (Å²) >= 11 is 0. The van der Waals surface area contributed by atoms with Gasteiger partial charge in [-0.25, -0.2) is 0 Å². The van der Waals surface area contributed by atoms with Crippen LogP contribution in [0.25, 0.3) is 0 Å². The molecule has 0 atom stereocenters. The number of carboxylic acids is 2. The van der Waals surface area contributed by atoms with E-state index < -0.39 is 23.3 Å². The van der Waals surface area contributed by atoms with Crippen molar-refractivity contribution in [3.63, 3.8) is 0 Å². The zero-order valence-corrected chi connectivity index (χ0v) is 13.3. The monoisotopic (exact) mass is 324 g/mol. The van der Waals surface area contributed by atoms with E-state index in [4.69, 9.17) is 0 Å². The van der Waals surface area contributed by atoms with Gasteiger partial charge >= 0.3 is 48.9 Å². The fourth-order valence-electron chi connectivity index (χ4n) is 1.52. The molecule has 0 aromatic carbocycles. The van der Waals surface area contributed by atoms with Gasteiger partial charge in [0.2, 0.25) is 0 Å². The van der Waals surface area contributed by atoms with Crippen molar-refractivity contribution in [1.82, 2.24) is 0 Å². The van der Waals surface area contributed by atoms with E-state index in [1.54, 1.807) is 13.8 Å². The SMILES string of the molecule is CCCC(C)(C)C(C(=O)[O-])C(=O)[O-].[Ba+2]. The van der Waals surface area contributed by atoms with Crippen LogP contribution in [0.1, 0.15) is 33.6 Å². The van der Waals surface area contributed by atoms with Gasteiger partial charge in [-0.15, -0.1) is 0 Å². The average Bonchev–Trinajstić information content (AvgIpc) is 1.82. The Morgan fingerprint density at radius 2 is 1.57 bits per heavy atom. The van der Waals surface area contributed by atoms with Crippen LogP contribution in [-0.2, 0) is 9.59 Å². The fraction of sp³-hybridized carbons (Fsp3) is 0.778. The Kier molecular flexibility index (Phi) is 8.34. The van der Waals surface area contributed by atoms with Crippen LogP contribution in [-0.4, -0.2) is 60.8 Å². The molecule has 4 nitrogen and oxygen atoms in total. The van der Waals surface area contributed by atoms with Crippen molar-refractivity contribution in [2.24, 2.45) is 11.3 Å². The van der Waals surface area contributed by atoms with Gasteiger partial charge in [0.1, 0.15) is 0 Å². The van der Waals surface area contributed by atoms with Crippen LogP contribution in [0.15, 0.2) is 0 Å². The molecule has 0 saturated heterocycles. The van der Waals surface area contributed by atoms with Crippen LogP contribution in [0.2, 0.25) is 0 Å². The molecule has 76 valence electrons. The van der Waals surface area contributed by atoms with Crippen molar-refractivity contribution >= 4 is 60.8 Å². The number of rotatable bonds is 5. The molecule has 0 rings (SSSR count). The number of carboxylic acid groups (broad SMARTS) is 2. The van der Waals surface area contributed by atoms with Crippen LogP contribution < -0.4 is 10.2 Å². The smallest absolute Gasteiger partial charge is 0.549 e. The van der Waals surface area contributed by atoms with Crippen molar-refractivity contribution in [1.29, 1.82) is 0 Å². The number of carbonyl (C=O) groups is 2. The molecule has 0 N–H and O–H groups in total. The first-order valence-corrected chi connectivity index (χ1v) is 4.24. The summed E-state index contributed by atoms with van der Waals surface area (Å²) in [4.78, 5) is 21.1. The second-order valence-corrected chi connectivity index (χ2v) is 3.81. The normalized spacial score (nSPS) is 10.9. The Labute approximate surface area is 124 Å². The maximum absolute atomic E-state index is 10.5. The molecule has 5 heteroatoms. The molecule has 0 aliphatic carbocycles. The standard InChI is InChI=1S/C9H16O4.Ba/c1-4-5-9(2,3)6(7(10)11)8(12)13;/h6H,4-5H2,1-3H3,(H,10,11)(H,12,13);/q;+2/p-2. The Bertz CT molecular complexity index is 199. The molecule has 0 fully saturated rings.